The van der Waals surface area contributed by atoms with Crippen LogP contribution in [-0.2, 0) is 4.74 Å². The standard InChI is InChI=1S/C7H9ClO/c1-2-6-9-7-4-3-5-8/h1,3-4H,5-7H2/b4-3-. The van der Waals surface area contributed by atoms with E-state index in [4.69, 9.17) is 22.8 Å². The zero-order valence-corrected chi connectivity index (χ0v) is 5.90. The van der Waals surface area contributed by atoms with Crippen LogP contribution in [0.15, 0.2) is 12.2 Å². The molecule has 0 aromatic rings. The molecule has 0 spiro atoms. The molecule has 0 aliphatic heterocycles. The van der Waals surface area contributed by atoms with E-state index in [0.717, 1.165) is 0 Å². The number of ether oxygens (including phenoxy) is 1. The lowest BCUT2D eigenvalue weighted by atomic mass is 10.5. The van der Waals surface area contributed by atoms with Gasteiger partial charge in [0.15, 0.2) is 0 Å². The minimum atomic E-state index is 0.368. The SMILES string of the molecule is C#CCOC/C=C\CCl. The van der Waals surface area contributed by atoms with Crippen molar-refractivity contribution in [2.24, 2.45) is 0 Å². The van der Waals surface area contributed by atoms with Crippen LogP contribution in [0.3, 0.4) is 0 Å². The third kappa shape index (κ3) is 7.55. The summed E-state index contributed by atoms with van der Waals surface area (Å²) in [5.74, 6) is 2.88. The average Bonchev–Trinajstić information content (AvgIpc) is 1.89. The highest BCUT2D eigenvalue weighted by atomic mass is 35.5. The molecule has 0 fully saturated rings. The molecule has 0 aliphatic rings. The average molecular weight is 145 g/mol. The van der Waals surface area contributed by atoms with Gasteiger partial charge in [-0.3, -0.25) is 0 Å². The van der Waals surface area contributed by atoms with E-state index in [1.165, 1.54) is 0 Å². The minimum Gasteiger partial charge on any atom is -0.365 e. The van der Waals surface area contributed by atoms with Crippen LogP contribution in [0.2, 0.25) is 0 Å². The third-order valence-corrected chi connectivity index (χ3v) is 0.833. The summed E-state index contributed by atoms with van der Waals surface area (Å²) in [7, 11) is 0. The van der Waals surface area contributed by atoms with Gasteiger partial charge >= 0.3 is 0 Å². The second-order valence-electron chi connectivity index (χ2n) is 1.34. The number of halogens is 1. The lowest BCUT2D eigenvalue weighted by Gasteiger charge is -1.89. The van der Waals surface area contributed by atoms with Gasteiger partial charge in [-0.05, 0) is 0 Å². The second kappa shape index (κ2) is 7.55. The van der Waals surface area contributed by atoms with Crippen molar-refractivity contribution in [1.82, 2.24) is 0 Å². The van der Waals surface area contributed by atoms with Gasteiger partial charge in [0.25, 0.3) is 0 Å². The van der Waals surface area contributed by atoms with E-state index in [9.17, 15) is 0 Å². The first-order valence-corrected chi connectivity index (χ1v) is 3.17. The van der Waals surface area contributed by atoms with Gasteiger partial charge in [-0.2, -0.15) is 0 Å². The molecule has 0 amide bonds. The Morgan fingerprint density at radius 1 is 1.56 bits per heavy atom. The summed E-state index contributed by atoms with van der Waals surface area (Å²) in [6, 6.07) is 0. The predicted octanol–water partition coefficient (Wildman–Crippen LogP) is 1.43. The molecule has 0 aromatic heterocycles. The zero-order chi connectivity index (χ0) is 6.95. The Balaban J connectivity index is 2.92. The summed E-state index contributed by atoms with van der Waals surface area (Å²) >= 11 is 5.33. The summed E-state index contributed by atoms with van der Waals surface area (Å²) in [5.41, 5.74) is 0. The molecule has 50 valence electrons. The number of hydrogen-bond donors (Lipinski definition) is 0. The van der Waals surface area contributed by atoms with Crippen molar-refractivity contribution in [3.8, 4) is 12.3 Å². The van der Waals surface area contributed by atoms with E-state index < -0.39 is 0 Å². The van der Waals surface area contributed by atoms with Gasteiger partial charge in [0.2, 0.25) is 0 Å². The highest BCUT2D eigenvalue weighted by Crippen LogP contribution is 1.79. The lowest BCUT2D eigenvalue weighted by Crippen LogP contribution is -1.89. The fourth-order valence-corrected chi connectivity index (χ4v) is 0.443. The number of allylic oxidation sites excluding steroid dienone is 1. The number of hydrogen-bond acceptors (Lipinski definition) is 1. The van der Waals surface area contributed by atoms with Crippen molar-refractivity contribution in [2.45, 2.75) is 0 Å². The summed E-state index contributed by atoms with van der Waals surface area (Å²) in [6.07, 6.45) is 8.57. The quantitative estimate of drug-likeness (QED) is 0.251. The molecule has 0 atom stereocenters. The van der Waals surface area contributed by atoms with Crippen molar-refractivity contribution in [3.05, 3.63) is 12.2 Å². The van der Waals surface area contributed by atoms with Gasteiger partial charge in [0, 0.05) is 5.88 Å². The van der Waals surface area contributed by atoms with Crippen LogP contribution in [0.1, 0.15) is 0 Å². The van der Waals surface area contributed by atoms with E-state index in [-0.39, 0.29) is 0 Å². The van der Waals surface area contributed by atoms with Crippen molar-refractivity contribution < 1.29 is 4.74 Å². The predicted molar refractivity (Wildman–Crippen MR) is 39.5 cm³/mol. The van der Waals surface area contributed by atoms with Gasteiger partial charge in [-0.1, -0.05) is 18.1 Å². The van der Waals surface area contributed by atoms with Gasteiger partial charge in [-0.15, -0.1) is 18.0 Å². The largest absolute Gasteiger partial charge is 0.365 e. The Hall–Kier alpha value is -0.450. The second-order valence-corrected chi connectivity index (χ2v) is 1.65. The Morgan fingerprint density at radius 2 is 2.33 bits per heavy atom. The summed E-state index contributed by atoms with van der Waals surface area (Å²) in [4.78, 5) is 0. The molecule has 0 aromatic carbocycles. The van der Waals surface area contributed by atoms with Gasteiger partial charge < -0.3 is 4.74 Å². The Morgan fingerprint density at radius 3 is 2.89 bits per heavy atom. The molecule has 1 nitrogen and oxygen atoms in total. The molecule has 0 saturated heterocycles. The molecule has 0 heterocycles. The molecule has 0 N–H and O–H groups in total. The number of alkyl halides is 1. The van der Waals surface area contributed by atoms with Gasteiger partial charge in [-0.25, -0.2) is 0 Å². The maximum Gasteiger partial charge on any atom is 0.107 e. The van der Waals surface area contributed by atoms with Crippen LogP contribution in [0.5, 0.6) is 0 Å². The van der Waals surface area contributed by atoms with Gasteiger partial charge in [0.05, 0.1) is 6.61 Å². The molecule has 0 unspecified atom stereocenters. The molecule has 0 radical (unpaired) electrons. The van der Waals surface area contributed by atoms with E-state index in [1.807, 2.05) is 12.2 Å². The number of rotatable bonds is 4. The van der Waals surface area contributed by atoms with Crippen molar-refractivity contribution in [1.29, 1.82) is 0 Å². The highest BCUT2D eigenvalue weighted by molar-refractivity contribution is 6.18. The fraction of sp³-hybridized carbons (Fsp3) is 0.429. The topological polar surface area (TPSA) is 9.23 Å². The van der Waals surface area contributed by atoms with Gasteiger partial charge in [0.1, 0.15) is 6.61 Å². The first-order valence-electron chi connectivity index (χ1n) is 2.64. The lowest BCUT2D eigenvalue weighted by molar-refractivity contribution is 0.199. The Labute approximate surface area is 60.7 Å². The maximum atomic E-state index is 5.33. The minimum absolute atomic E-state index is 0.368. The molecule has 0 rings (SSSR count). The molecule has 2 heteroatoms. The third-order valence-electron chi connectivity index (χ3n) is 0.655. The van der Waals surface area contributed by atoms with Crippen molar-refractivity contribution in [2.75, 3.05) is 19.1 Å². The molecular formula is C7H9ClO. The molecular weight excluding hydrogens is 136 g/mol. The van der Waals surface area contributed by atoms with Crippen LogP contribution < -0.4 is 0 Å². The van der Waals surface area contributed by atoms with Crippen molar-refractivity contribution >= 4 is 11.6 Å². The number of terminal acetylenes is 1. The van der Waals surface area contributed by atoms with Crippen LogP contribution in [-0.4, -0.2) is 19.1 Å². The van der Waals surface area contributed by atoms with Crippen molar-refractivity contribution in [3.63, 3.8) is 0 Å². The molecule has 0 aliphatic carbocycles. The van der Waals surface area contributed by atoms with E-state index in [0.29, 0.717) is 19.1 Å². The first kappa shape index (κ1) is 8.55. The van der Waals surface area contributed by atoms with Crippen LogP contribution >= 0.6 is 11.6 Å². The smallest absolute Gasteiger partial charge is 0.107 e. The van der Waals surface area contributed by atoms with E-state index >= 15 is 0 Å². The summed E-state index contributed by atoms with van der Waals surface area (Å²) < 4.78 is 4.90. The molecule has 0 bridgehead atoms. The Bertz CT molecular complexity index is 113. The van der Waals surface area contributed by atoms with Crippen LogP contribution in [0.4, 0.5) is 0 Å². The first-order chi connectivity index (χ1) is 4.41. The van der Waals surface area contributed by atoms with E-state index in [2.05, 4.69) is 5.92 Å². The zero-order valence-electron chi connectivity index (χ0n) is 5.14. The molecule has 9 heavy (non-hydrogen) atoms. The fourth-order valence-electron chi connectivity index (χ4n) is 0.317. The summed E-state index contributed by atoms with van der Waals surface area (Å²) in [6.45, 7) is 0.920. The molecule has 0 saturated carbocycles. The summed E-state index contributed by atoms with van der Waals surface area (Å²) in [5, 5.41) is 0. The van der Waals surface area contributed by atoms with E-state index in [1.54, 1.807) is 0 Å². The maximum absolute atomic E-state index is 5.33. The highest BCUT2D eigenvalue weighted by Gasteiger charge is 1.74. The van der Waals surface area contributed by atoms with Crippen LogP contribution in [0, 0.1) is 12.3 Å². The van der Waals surface area contributed by atoms with Crippen LogP contribution in [0.25, 0.3) is 0 Å². The Kier molecular flexibility index (Phi) is 7.17. The monoisotopic (exact) mass is 144 g/mol. The normalized spacial score (nSPS) is 9.78.